The van der Waals surface area contributed by atoms with Crippen molar-refractivity contribution in [2.24, 2.45) is 5.73 Å². The van der Waals surface area contributed by atoms with Gasteiger partial charge in [0, 0.05) is 5.54 Å². The fourth-order valence-corrected chi connectivity index (χ4v) is 1.28. The van der Waals surface area contributed by atoms with Gasteiger partial charge < -0.3 is 5.73 Å². The number of rotatable bonds is 2. The summed E-state index contributed by atoms with van der Waals surface area (Å²) in [5.74, 6) is 0. The second-order valence-electron chi connectivity index (χ2n) is 3.98. The van der Waals surface area contributed by atoms with Crippen molar-refractivity contribution in [3.8, 4) is 6.07 Å². The Morgan fingerprint density at radius 2 is 2.15 bits per heavy atom. The SMILES string of the molecule is CC(C)(N)Cc1cccc(C#N)c1. The molecule has 0 radical (unpaired) electrons. The van der Waals surface area contributed by atoms with Crippen LogP contribution < -0.4 is 5.73 Å². The molecule has 0 saturated carbocycles. The van der Waals surface area contributed by atoms with Crippen molar-refractivity contribution in [3.63, 3.8) is 0 Å². The fourth-order valence-electron chi connectivity index (χ4n) is 1.28. The van der Waals surface area contributed by atoms with E-state index in [0.717, 1.165) is 12.0 Å². The van der Waals surface area contributed by atoms with Crippen molar-refractivity contribution in [3.05, 3.63) is 35.4 Å². The van der Waals surface area contributed by atoms with Gasteiger partial charge in [-0.15, -0.1) is 0 Å². The molecule has 2 heteroatoms. The van der Waals surface area contributed by atoms with Gasteiger partial charge in [0.2, 0.25) is 0 Å². The van der Waals surface area contributed by atoms with Crippen LogP contribution in [0.5, 0.6) is 0 Å². The quantitative estimate of drug-likeness (QED) is 0.743. The molecule has 0 aromatic heterocycles. The molecule has 0 amide bonds. The highest BCUT2D eigenvalue weighted by Gasteiger charge is 2.11. The van der Waals surface area contributed by atoms with E-state index in [1.54, 1.807) is 6.07 Å². The van der Waals surface area contributed by atoms with Gasteiger partial charge in [0.1, 0.15) is 0 Å². The van der Waals surface area contributed by atoms with E-state index in [1.807, 2.05) is 32.0 Å². The molecular weight excluding hydrogens is 160 g/mol. The van der Waals surface area contributed by atoms with Crippen LogP contribution in [0.2, 0.25) is 0 Å². The third kappa shape index (κ3) is 3.27. The highest BCUT2D eigenvalue weighted by atomic mass is 14.7. The van der Waals surface area contributed by atoms with Gasteiger partial charge in [-0.3, -0.25) is 0 Å². The molecule has 1 rings (SSSR count). The molecule has 0 bridgehead atoms. The summed E-state index contributed by atoms with van der Waals surface area (Å²) in [5, 5.41) is 8.68. The molecule has 1 aromatic rings. The number of nitrogens with two attached hydrogens (primary N) is 1. The van der Waals surface area contributed by atoms with Gasteiger partial charge in [0.05, 0.1) is 11.6 Å². The lowest BCUT2D eigenvalue weighted by molar-refractivity contribution is 0.517. The second kappa shape index (κ2) is 3.59. The highest BCUT2D eigenvalue weighted by molar-refractivity contribution is 5.33. The molecule has 0 saturated heterocycles. The number of nitriles is 1. The molecule has 0 spiro atoms. The predicted octanol–water partition coefficient (Wildman–Crippen LogP) is 1.84. The third-order valence-corrected chi connectivity index (χ3v) is 1.72. The van der Waals surface area contributed by atoms with Crippen LogP contribution in [0.25, 0.3) is 0 Å². The summed E-state index contributed by atoms with van der Waals surface area (Å²) in [7, 11) is 0. The Labute approximate surface area is 79.0 Å². The summed E-state index contributed by atoms with van der Waals surface area (Å²) in [5.41, 5.74) is 7.48. The zero-order valence-corrected chi connectivity index (χ0v) is 8.04. The van der Waals surface area contributed by atoms with E-state index in [9.17, 15) is 0 Å². The maximum absolute atomic E-state index is 8.68. The summed E-state index contributed by atoms with van der Waals surface area (Å²) in [6.07, 6.45) is 0.794. The molecule has 0 aliphatic heterocycles. The zero-order valence-electron chi connectivity index (χ0n) is 8.04. The Hall–Kier alpha value is -1.33. The molecule has 13 heavy (non-hydrogen) atoms. The predicted molar refractivity (Wildman–Crippen MR) is 53.1 cm³/mol. The lowest BCUT2D eigenvalue weighted by Gasteiger charge is -2.18. The first-order valence-electron chi connectivity index (χ1n) is 4.29. The maximum Gasteiger partial charge on any atom is 0.0991 e. The van der Waals surface area contributed by atoms with Crippen molar-refractivity contribution < 1.29 is 0 Å². The number of nitrogens with zero attached hydrogens (tertiary/aromatic N) is 1. The molecule has 0 atom stereocenters. The van der Waals surface area contributed by atoms with Crippen LogP contribution in [0.3, 0.4) is 0 Å². The van der Waals surface area contributed by atoms with Crippen molar-refractivity contribution in [1.82, 2.24) is 0 Å². The van der Waals surface area contributed by atoms with Gasteiger partial charge >= 0.3 is 0 Å². The largest absolute Gasteiger partial charge is 0.325 e. The molecule has 0 heterocycles. The first kappa shape index (κ1) is 9.76. The summed E-state index contributed by atoms with van der Waals surface area (Å²) in [6, 6.07) is 9.68. The smallest absolute Gasteiger partial charge is 0.0991 e. The maximum atomic E-state index is 8.68. The van der Waals surface area contributed by atoms with Crippen molar-refractivity contribution in [2.45, 2.75) is 25.8 Å². The van der Waals surface area contributed by atoms with E-state index in [-0.39, 0.29) is 5.54 Å². The summed E-state index contributed by atoms with van der Waals surface area (Å²) in [6.45, 7) is 3.96. The number of hydrogen-bond acceptors (Lipinski definition) is 2. The van der Waals surface area contributed by atoms with E-state index in [4.69, 9.17) is 11.0 Å². The minimum Gasteiger partial charge on any atom is -0.325 e. The Bertz CT molecular complexity index is 329. The van der Waals surface area contributed by atoms with Crippen molar-refractivity contribution >= 4 is 0 Å². The standard InChI is InChI=1S/C11H14N2/c1-11(2,13)7-9-4-3-5-10(6-9)8-12/h3-6H,7,13H2,1-2H3. The molecule has 0 unspecified atom stereocenters. The minimum absolute atomic E-state index is 0.214. The third-order valence-electron chi connectivity index (χ3n) is 1.72. The topological polar surface area (TPSA) is 49.8 Å². The monoisotopic (exact) mass is 174 g/mol. The van der Waals surface area contributed by atoms with Crippen LogP contribution in [0.1, 0.15) is 25.0 Å². The Balaban J connectivity index is 2.86. The summed E-state index contributed by atoms with van der Waals surface area (Å²) in [4.78, 5) is 0. The average Bonchev–Trinajstić information content (AvgIpc) is 2.01. The number of hydrogen-bond donors (Lipinski definition) is 1. The molecule has 0 fully saturated rings. The molecule has 0 aliphatic carbocycles. The lowest BCUT2D eigenvalue weighted by Crippen LogP contribution is -2.34. The van der Waals surface area contributed by atoms with Gasteiger partial charge in [-0.05, 0) is 38.0 Å². The minimum atomic E-state index is -0.214. The fraction of sp³-hybridized carbons (Fsp3) is 0.364. The van der Waals surface area contributed by atoms with Gasteiger partial charge in [-0.2, -0.15) is 5.26 Å². The summed E-state index contributed by atoms with van der Waals surface area (Å²) >= 11 is 0. The Morgan fingerprint density at radius 1 is 1.46 bits per heavy atom. The highest BCUT2D eigenvalue weighted by Crippen LogP contribution is 2.11. The van der Waals surface area contributed by atoms with Gasteiger partial charge in [0.25, 0.3) is 0 Å². The van der Waals surface area contributed by atoms with E-state index < -0.39 is 0 Å². The molecule has 2 nitrogen and oxygen atoms in total. The lowest BCUT2D eigenvalue weighted by atomic mass is 9.95. The molecule has 0 aliphatic rings. The van der Waals surface area contributed by atoms with Crippen LogP contribution in [0.15, 0.2) is 24.3 Å². The van der Waals surface area contributed by atoms with Gasteiger partial charge in [-0.1, -0.05) is 12.1 Å². The molecular formula is C11H14N2. The molecule has 2 N–H and O–H groups in total. The Kier molecular flexibility index (Phi) is 2.69. The van der Waals surface area contributed by atoms with E-state index in [1.165, 1.54) is 0 Å². The van der Waals surface area contributed by atoms with E-state index in [2.05, 4.69) is 6.07 Å². The first-order valence-corrected chi connectivity index (χ1v) is 4.29. The van der Waals surface area contributed by atoms with E-state index in [0.29, 0.717) is 5.56 Å². The van der Waals surface area contributed by atoms with Crippen molar-refractivity contribution in [1.29, 1.82) is 5.26 Å². The van der Waals surface area contributed by atoms with Gasteiger partial charge in [-0.25, -0.2) is 0 Å². The van der Waals surface area contributed by atoms with Crippen LogP contribution in [-0.2, 0) is 6.42 Å². The van der Waals surface area contributed by atoms with Crippen molar-refractivity contribution in [2.75, 3.05) is 0 Å². The van der Waals surface area contributed by atoms with E-state index >= 15 is 0 Å². The first-order chi connectivity index (χ1) is 6.01. The Morgan fingerprint density at radius 3 is 2.69 bits per heavy atom. The average molecular weight is 174 g/mol. The van der Waals surface area contributed by atoms with Crippen LogP contribution >= 0.6 is 0 Å². The van der Waals surface area contributed by atoms with Crippen LogP contribution in [-0.4, -0.2) is 5.54 Å². The summed E-state index contributed by atoms with van der Waals surface area (Å²) < 4.78 is 0. The normalized spacial score (nSPS) is 10.9. The van der Waals surface area contributed by atoms with Crippen LogP contribution in [0.4, 0.5) is 0 Å². The van der Waals surface area contributed by atoms with Crippen LogP contribution in [0, 0.1) is 11.3 Å². The number of benzene rings is 1. The second-order valence-corrected chi connectivity index (χ2v) is 3.98. The zero-order chi connectivity index (χ0) is 9.90. The molecule has 1 aromatic carbocycles. The van der Waals surface area contributed by atoms with Gasteiger partial charge in [0.15, 0.2) is 0 Å². The molecule has 68 valence electrons.